The van der Waals surface area contributed by atoms with Crippen LogP contribution >= 0.6 is 0 Å². The van der Waals surface area contributed by atoms with Crippen molar-refractivity contribution in [2.24, 2.45) is 0 Å². The van der Waals surface area contributed by atoms with Gasteiger partial charge < -0.3 is 0 Å². The summed E-state index contributed by atoms with van der Waals surface area (Å²) in [6.45, 7) is 19.5. The Morgan fingerprint density at radius 2 is 1.05 bits per heavy atom. The Morgan fingerprint density at radius 1 is 0.619 bits per heavy atom. The maximum absolute atomic E-state index is 2.64. The van der Waals surface area contributed by atoms with Crippen LogP contribution in [0.1, 0.15) is 60.3 Å². The van der Waals surface area contributed by atoms with Crippen molar-refractivity contribution in [3.05, 3.63) is 0 Å². The van der Waals surface area contributed by atoms with E-state index in [-0.39, 0.29) is 0 Å². The second-order valence-electron chi connectivity index (χ2n) is 6.43. The van der Waals surface area contributed by atoms with Crippen molar-refractivity contribution in [2.75, 3.05) is 39.3 Å². The fourth-order valence-electron chi connectivity index (χ4n) is 3.25. The van der Waals surface area contributed by atoms with Crippen LogP contribution in [0.25, 0.3) is 0 Å². The third-order valence-electron chi connectivity index (χ3n) is 4.72. The molecule has 0 aliphatic rings. The molecule has 21 heavy (non-hydrogen) atoms. The summed E-state index contributed by atoms with van der Waals surface area (Å²) in [4.78, 5) is 5.28. The van der Waals surface area contributed by atoms with Crippen LogP contribution in [-0.2, 0) is 0 Å². The van der Waals surface area contributed by atoms with Crippen molar-refractivity contribution in [3.8, 4) is 0 Å². The van der Waals surface area contributed by atoms with E-state index in [9.17, 15) is 0 Å². The number of rotatable bonds is 15. The quantitative estimate of drug-likeness (QED) is 0.392. The zero-order valence-corrected chi connectivity index (χ0v) is 19.0. The van der Waals surface area contributed by atoms with E-state index in [0.29, 0.717) is 0 Å². The van der Waals surface area contributed by atoms with Gasteiger partial charge in [-0.1, -0.05) is 0 Å². The predicted molar refractivity (Wildman–Crippen MR) is 99.9 cm³/mol. The molecule has 0 fully saturated rings. The van der Waals surface area contributed by atoms with Crippen LogP contribution in [0.15, 0.2) is 0 Å². The summed E-state index contributed by atoms with van der Waals surface area (Å²) < 4.78 is 4.85. The van der Waals surface area contributed by atoms with Gasteiger partial charge in [0.05, 0.1) is 0 Å². The zero-order chi connectivity index (χ0) is 15.9. The average molecular weight is 400 g/mol. The fraction of sp³-hybridized carbons (Fsp3) is 1.00. The molecule has 0 atom stereocenters. The Bertz CT molecular complexity index is 191. The minimum absolute atomic E-state index is 1.16. The molecule has 2 nitrogen and oxygen atoms in total. The van der Waals surface area contributed by atoms with Crippen LogP contribution in [-0.4, -0.2) is 70.5 Å². The first-order valence-electron chi connectivity index (χ1n) is 9.66. The SMILES string of the molecule is CCCN(CC)CC[CH2][In]([CH2]C)[CH2]CCN(CC)CCC. The number of hydrogen-bond donors (Lipinski definition) is 0. The molecule has 0 spiro atoms. The zero-order valence-electron chi connectivity index (χ0n) is 15.7. The van der Waals surface area contributed by atoms with Crippen LogP contribution in [0.5, 0.6) is 0 Å². The normalized spacial score (nSPS) is 11.6. The van der Waals surface area contributed by atoms with Crippen molar-refractivity contribution in [2.45, 2.75) is 72.8 Å². The van der Waals surface area contributed by atoms with Gasteiger partial charge in [-0.15, -0.1) is 0 Å². The molecule has 0 amide bonds. The monoisotopic (exact) mass is 400 g/mol. The summed E-state index contributed by atoms with van der Waals surface area (Å²) in [5, 5.41) is 0. The van der Waals surface area contributed by atoms with Crippen molar-refractivity contribution < 1.29 is 0 Å². The molecule has 0 radical (unpaired) electrons. The molecule has 0 saturated carbocycles. The van der Waals surface area contributed by atoms with Crippen molar-refractivity contribution in [1.29, 1.82) is 0 Å². The predicted octanol–water partition coefficient (Wildman–Crippen LogP) is 4.75. The van der Waals surface area contributed by atoms with E-state index >= 15 is 0 Å². The van der Waals surface area contributed by atoms with Gasteiger partial charge in [0.1, 0.15) is 0 Å². The second kappa shape index (κ2) is 15.7. The van der Waals surface area contributed by atoms with Gasteiger partial charge in [0.15, 0.2) is 0 Å². The Morgan fingerprint density at radius 3 is 1.33 bits per heavy atom. The molecule has 0 unspecified atom stereocenters. The van der Waals surface area contributed by atoms with Crippen molar-refractivity contribution >= 4 is 21.4 Å². The van der Waals surface area contributed by atoms with Gasteiger partial charge in [-0.05, 0) is 0 Å². The Balaban J connectivity index is 3.79. The standard InChI is InChI=1S/2C8H18N.C2H5.In/c2*1-4-7-9(6-3)8-5-2;1-2;/h2*1,4-8H2,2-3H3;1H2,2H3;. The summed E-state index contributed by atoms with van der Waals surface area (Å²) in [7, 11) is 0. The molecular formula is C18H41InN2. The molecule has 0 heterocycles. The van der Waals surface area contributed by atoms with E-state index in [1.807, 2.05) is 0 Å². The summed E-state index contributed by atoms with van der Waals surface area (Å²) in [6, 6.07) is 0. The topological polar surface area (TPSA) is 6.48 Å². The van der Waals surface area contributed by atoms with E-state index < -0.39 is 21.4 Å². The van der Waals surface area contributed by atoms with Crippen LogP contribution < -0.4 is 0 Å². The van der Waals surface area contributed by atoms with E-state index in [1.165, 1.54) is 65.0 Å². The van der Waals surface area contributed by atoms with Crippen LogP contribution in [0.3, 0.4) is 0 Å². The van der Waals surface area contributed by atoms with Crippen molar-refractivity contribution in [1.82, 2.24) is 9.80 Å². The Kier molecular flexibility index (Phi) is 16.3. The van der Waals surface area contributed by atoms with E-state index in [4.69, 9.17) is 0 Å². The Hall–Kier alpha value is 0.790. The molecule has 0 rings (SSSR count). The van der Waals surface area contributed by atoms with Gasteiger partial charge >= 0.3 is 143 Å². The van der Waals surface area contributed by atoms with Crippen LogP contribution in [0.2, 0.25) is 12.5 Å². The Labute approximate surface area is 143 Å². The number of hydrogen-bond acceptors (Lipinski definition) is 2. The fourth-order valence-corrected chi connectivity index (χ4v) is 10.7. The summed E-state index contributed by atoms with van der Waals surface area (Å²) in [5.41, 5.74) is 0. The van der Waals surface area contributed by atoms with Gasteiger partial charge in [0, 0.05) is 0 Å². The van der Waals surface area contributed by atoms with Crippen LogP contribution in [0.4, 0.5) is 0 Å². The van der Waals surface area contributed by atoms with Gasteiger partial charge in [0.2, 0.25) is 0 Å². The van der Waals surface area contributed by atoms with E-state index in [0.717, 1.165) is 0 Å². The number of nitrogens with zero attached hydrogens (tertiary/aromatic N) is 2. The minimum atomic E-state index is -1.16. The molecular weight excluding hydrogens is 359 g/mol. The van der Waals surface area contributed by atoms with E-state index in [1.54, 1.807) is 12.5 Å². The molecule has 0 bridgehead atoms. The summed E-state index contributed by atoms with van der Waals surface area (Å²) >= 11 is -1.16. The first kappa shape index (κ1) is 21.8. The van der Waals surface area contributed by atoms with Gasteiger partial charge in [0.25, 0.3) is 0 Å². The molecule has 0 aromatic carbocycles. The molecule has 126 valence electrons. The van der Waals surface area contributed by atoms with Gasteiger partial charge in [-0.2, -0.15) is 0 Å². The van der Waals surface area contributed by atoms with Crippen LogP contribution in [0, 0.1) is 0 Å². The summed E-state index contributed by atoms with van der Waals surface area (Å²) in [5.74, 6) is 0. The second-order valence-corrected chi connectivity index (χ2v) is 17.0. The molecule has 0 aliphatic heterocycles. The molecule has 0 aliphatic carbocycles. The van der Waals surface area contributed by atoms with Gasteiger partial charge in [-0.25, -0.2) is 0 Å². The van der Waals surface area contributed by atoms with Gasteiger partial charge in [-0.3, -0.25) is 0 Å². The molecule has 0 aromatic rings. The molecule has 3 heteroatoms. The maximum atomic E-state index is 2.64. The molecule has 0 aromatic heterocycles. The first-order chi connectivity index (χ1) is 10.2. The average Bonchev–Trinajstić information content (AvgIpc) is 2.51. The molecule has 0 N–H and O–H groups in total. The van der Waals surface area contributed by atoms with Crippen molar-refractivity contribution in [3.63, 3.8) is 0 Å². The third-order valence-corrected chi connectivity index (χ3v) is 15.0. The summed E-state index contributed by atoms with van der Waals surface area (Å²) in [6.07, 6.45) is 5.57. The van der Waals surface area contributed by atoms with E-state index in [2.05, 4.69) is 44.4 Å². The first-order valence-corrected chi connectivity index (χ1v) is 16.6. The molecule has 0 saturated heterocycles. The third kappa shape index (κ3) is 11.9.